The monoisotopic (exact) mass is 1330 g/mol. The van der Waals surface area contributed by atoms with Crippen LogP contribution in [-0.4, -0.2) is 9.13 Å². The zero-order chi connectivity index (χ0) is 69.1. The van der Waals surface area contributed by atoms with Crippen LogP contribution in [-0.2, 0) is 0 Å². The average molecular weight is 1330 g/mol. The van der Waals surface area contributed by atoms with Crippen LogP contribution < -0.4 is 9.80 Å². The van der Waals surface area contributed by atoms with Gasteiger partial charge in [0, 0.05) is 67.4 Å². The molecule has 0 fully saturated rings. The van der Waals surface area contributed by atoms with Crippen LogP contribution in [0.15, 0.2) is 425 Å². The molecule has 18 rings (SSSR count). The largest absolute Gasteiger partial charge is 0.311 e. The molecule has 0 unspecified atom stereocenters. The van der Waals surface area contributed by atoms with E-state index in [1.807, 2.05) is 0 Å². The molecular weight excluding hydrogens is 1260 g/mol. The number of para-hydroxylation sites is 2. The van der Waals surface area contributed by atoms with Gasteiger partial charge in [-0.3, -0.25) is 0 Å². The number of benzene rings is 16. The molecule has 0 spiro atoms. The predicted octanol–water partition coefficient (Wildman–Crippen LogP) is 27.5. The Hall–Kier alpha value is -13.8. The lowest BCUT2D eigenvalue weighted by molar-refractivity contribution is 1.13. The summed E-state index contributed by atoms with van der Waals surface area (Å²) in [5.41, 5.74) is 31.7. The second-order valence-electron chi connectivity index (χ2n) is 26.4. The van der Waals surface area contributed by atoms with E-state index in [0.29, 0.717) is 0 Å². The van der Waals surface area contributed by atoms with Crippen LogP contribution in [0, 0.1) is 0 Å². The highest BCUT2D eigenvalue weighted by molar-refractivity contribution is 6.10. The van der Waals surface area contributed by atoms with E-state index in [9.17, 15) is 0 Å². The summed E-state index contributed by atoms with van der Waals surface area (Å²) in [6.45, 7) is 0. The maximum absolute atomic E-state index is 2.47. The topological polar surface area (TPSA) is 16.3 Å². The minimum Gasteiger partial charge on any atom is -0.311 e. The molecule has 490 valence electrons. The molecule has 0 bridgehead atoms. The molecule has 0 aliphatic rings. The highest BCUT2D eigenvalue weighted by Crippen LogP contribution is 2.49. The first-order valence-corrected chi connectivity index (χ1v) is 35.6. The number of aromatic nitrogens is 2. The molecule has 0 saturated carbocycles. The van der Waals surface area contributed by atoms with Gasteiger partial charge < -0.3 is 18.9 Å². The maximum Gasteiger partial charge on any atom is 0.0619 e. The molecular formula is C100H70N4. The molecule has 2 heterocycles. The van der Waals surface area contributed by atoms with E-state index >= 15 is 0 Å². The fourth-order valence-corrected chi connectivity index (χ4v) is 15.2. The Balaban J connectivity index is 0.744. The summed E-state index contributed by atoms with van der Waals surface area (Å²) in [5, 5.41) is 2.33. The molecule has 104 heavy (non-hydrogen) atoms. The Morgan fingerprint density at radius 3 is 0.683 bits per heavy atom. The van der Waals surface area contributed by atoms with Gasteiger partial charge in [0.05, 0.1) is 22.4 Å². The number of nitrogens with zero attached hydrogens (tertiary/aromatic N) is 4. The SMILES string of the molecule is c1ccc(-c2cccc(-c3ccc(N(c4ccccc4)c4ccc(-n5c(-c6ccccc6)c(-c6ccccc6)c6cc(-c7ccc8c(c7)c(-c7ccccc7)c(-c7ccccc7)n8-c7ccc(N(c8ccccc8)c8ccc(-c9cccc(-c%10ccccc%10)c9)cc8)cc7)ccc65)cc4)cc3)c2)cc1. The molecule has 0 atom stereocenters. The van der Waals surface area contributed by atoms with Crippen LogP contribution in [0.5, 0.6) is 0 Å². The van der Waals surface area contributed by atoms with Gasteiger partial charge in [-0.25, -0.2) is 0 Å². The van der Waals surface area contributed by atoms with Gasteiger partial charge in [0.15, 0.2) is 0 Å². The van der Waals surface area contributed by atoms with Crippen molar-refractivity contribution < 1.29 is 0 Å². The van der Waals surface area contributed by atoms with Gasteiger partial charge in [-0.05, 0) is 211 Å². The molecule has 0 aliphatic carbocycles. The fraction of sp³-hybridized carbons (Fsp3) is 0. The predicted molar refractivity (Wildman–Crippen MR) is 438 cm³/mol. The second-order valence-corrected chi connectivity index (χ2v) is 26.4. The van der Waals surface area contributed by atoms with E-state index in [-0.39, 0.29) is 0 Å². The minimum atomic E-state index is 1.06. The van der Waals surface area contributed by atoms with Gasteiger partial charge in [0.25, 0.3) is 0 Å². The second kappa shape index (κ2) is 27.7. The van der Waals surface area contributed by atoms with Crippen molar-refractivity contribution in [3.05, 3.63) is 425 Å². The number of rotatable bonds is 17. The summed E-state index contributed by atoms with van der Waals surface area (Å²) in [4.78, 5) is 4.70. The van der Waals surface area contributed by atoms with Gasteiger partial charge in [-0.1, -0.05) is 291 Å². The summed E-state index contributed by atoms with van der Waals surface area (Å²) >= 11 is 0. The molecule has 0 N–H and O–H groups in total. The fourth-order valence-electron chi connectivity index (χ4n) is 15.2. The average Bonchev–Trinajstić information content (AvgIpc) is 1.58. The minimum absolute atomic E-state index is 1.06. The first-order chi connectivity index (χ1) is 51.6. The Morgan fingerprint density at radius 1 is 0.154 bits per heavy atom. The van der Waals surface area contributed by atoms with Crippen LogP contribution in [0.2, 0.25) is 0 Å². The van der Waals surface area contributed by atoms with E-state index in [0.717, 1.165) is 112 Å². The molecule has 0 amide bonds. The summed E-state index contributed by atoms with van der Waals surface area (Å²) in [6.07, 6.45) is 0. The molecule has 0 aliphatic heterocycles. The first-order valence-electron chi connectivity index (χ1n) is 35.6. The van der Waals surface area contributed by atoms with Crippen molar-refractivity contribution in [3.63, 3.8) is 0 Å². The van der Waals surface area contributed by atoms with Crippen molar-refractivity contribution in [1.82, 2.24) is 9.13 Å². The highest BCUT2D eigenvalue weighted by Gasteiger charge is 2.26. The van der Waals surface area contributed by atoms with Crippen molar-refractivity contribution in [1.29, 1.82) is 0 Å². The summed E-state index contributed by atoms with van der Waals surface area (Å²) in [5.74, 6) is 0. The standard InChI is InChI=1S/C100H70N4/c1-9-27-71(28-10-1)79-39-25-41-81(67-79)73-47-53-87(54-48-73)101(85-43-21-7-22-44-85)89-57-61-91(62-58-89)103-95-65-51-83(69-93(95)97(75-31-13-3-14-32-75)99(103)77-35-17-5-18-36-77)84-52-66-96-94(70-84)98(76-33-15-4-16-34-76)100(78-37-19-6-20-38-78)104(96)92-63-59-90(60-64-92)102(86-45-23-8-24-46-86)88-55-49-74(50-56-88)82-42-26-40-80(68-82)72-29-11-2-12-30-72/h1-70H. The lowest BCUT2D eigenvalue weighted by Gasteiger charge is -2.26. The Bertz CT molecular complexity index is 5620. The Labute approximate surface area is 607 Å². The first kappa shape index (κ1) is 62.5. The molecule has 0 saturated heterocycles. The Morgan fingerprint density at radius 2 is 0.375 bits per heavy atom. The maximum atomic E-state index is 2.47. The van der Waals surface area contributed by atoms with Crippen LogP contribution in [0.1, 0.15) is 0 Å². The lowest BCUT2D eigenvalue weighted by Crippen LogP contribution is -2.10. The zero-order valence-corrected chi connectivity index (χ0v) is 57.2. The quantitative estimate of drug-likeness (QED) is 0.0903. The molecule has 4 nitrogen and oxygen atoms in total. The molecule has 16 aromatic carbocycles. The van der Waals surface area contributed by atoms with Crippen molar-refractivity contribution in [3.8, 4) is 112 Å². The summed E-state index contributed by atoms with van der Waals surface area (Å²) in [6, 6.07) is 154. The van der Waals surface area contributed by atoms with Crippen LogP contribution in [0.3, 0.4) is 0 Å². The van der Waals surface area contributed by atoms with Crippen LogP contribution >= 0.6 is 0 Å². The van der Waals surface area contributed by atoms with Gasteiger partial charge in [0.1, 0.15) is 0 Å². The Kier molecular flexibility index (Phi) is 16.6. The lowest BCUT2D eigenvalue weighted by atomic mass is 9.94. The van der Waals surface area contributed by atoms with E-state index in [2.05, 4.69) is 444 Å². The van der Waals surface area contributed by atoms with E-state index < -0.39 is 0 Å². The van der Waals surface area contributed by atoms with E-state index in [1.54, 1.807) is 0 Å². The highest BCUT2D eigenvalue weighted by atomic mass is 15.1. The van der Waals surface area contributed by atoms with E-state index in [1.165, 1.54) is 55.6 Å². The number of hydrogen-bond donors (Lipinski definition) is 0. The summed E-state index contributed by atoms with van der Waals surface area (Å²) < 4.78 is 4.95. The number of anilines is 6. The van der Waals surface area contributed by atoms with Crippen molar-refractivity contribution in [2.24, 2.45) is 0 Å². The van der Waals surface area contributed by atoms with Gasteiger partial charge >= 0.3 is 0 Å². The third-order valence-corrected chi connectivity index (χ3v) is 20.1. The van der Waals surface area contributed by atoms with Crippen LogP contribution in [0.25, 0.3) is 134 Å². The van der Waals surface area contributed by atoms with Crippen LogP contribution in [0.4, 0.5) is 34.1 Å². The number of fused-ring (bicyclic) bond motifs is 2. The molecule has 4 heteroatoms. The van der Waals surface area contributed by atoms with Gasteiger partial charge in [-0.15, -0.1) is 0 Å². The van der Waals surface area contributed by atoms with Gasteiger partial charge in [-0.2, -0.15) is 0 Å². The molecule has 2 aromatic heterocycles. The van der Waals surface area contributed by atoms with Crippen molar-refractivity contribution in [2.75, 3.05) is 9.80 Å². The zero-order valence-electron chi connectivity index (χ0n) is 57.2. The molecule has 18 aromatic rings. The van der Waals surface area contributed by atoms with Crippen molar-refractivity contribution >= 4 is 55.9 Å². The van der Waals surface area contributed by atoms with E-state index in [4.69, 9.17) is 0 Å². The molecule has 0 radical (unpaired) electrons. The number of hydrogen-bond acceptors (Lipinski definition) is 2. The third-order valence-electron chi connectivity index (χ3n) is 20.1. The summed E-state index contributed by atoms with van der Waals surface area (Å²) in [7, 11) is 0. The normalized spacial score (nSPS) is 11.3. The smallest absolute Gasteiger partial charge is 0.0619 e. The van der Waals surface area contributed by atoms with Crippen molar-refractivity contribution in [2.45, 2.75) is 0 Å². The third kappa shape index (κ3) is 12.0. The van der Waals surface area contributed by atoms with Gasteiger partial charge in [0.2, 0.25) is 0 Å².